The number of hydrogen-bond donors (Lipinski definition) is 0. The molecule has 1 heterocycles. The lowest BCUT2D eigenvalue weighted by molar-refractivity contribution is 0.101. The molecule has 3 rings (SSSR count). The Kier molecular flexibility index (Phi) is 3.98. The molecule has 0 saturated carbocycles. The molecule has 2 aromatic carbocycles. The van der Waals surface area contributed by atoms with Gasteiger partial charge in [-0.1, -0.05) is 25.1 Å². The van der Waals surface area contributed by atoms with Gasteiger partial charge < -0.3 is 0 Å². The number of anilines is 1. The molecule has 120 valence electrons. The fraction of sp³-hybridized carbons (Fsp3) is 0.278. The molecule has 1 unspecified atom stereocenters. The molecule has 1 atom stereocenters. The van der Waals surface area contributed by atoms with E-state index in [2.05, 4.69) is 0 Å². The average Bonchev–Trinajstić information content (AvgIpc) is 2.93. The molecule has 0 N–H and O–H groups in total. The summed E-state index contributed by atoms with van der Waals surface area (Å²) in [7, 11) is -3.60. The van der Waals surface area contributed by atoms with Gasteiger partial charge in [-0.25, -0.2) is 8.42 Å². The van der Waals surface area contributed by atoms with Gasteiger partial charge in [0.15, 0.2) is 5.78 Å². The molecule has 1 aliphatic heterocycles. The molecule has 1 aliphatic rings. The van der Waals surface area contributed by atoms with Gasteiger partial charge in [0, 0.05) is 11.6 Å². The molecule has 5 heteroatoms. The Balaban J connectivity index is 2.11. The molecule has 0 radical (unpaired) electrons. The van der Waals surface area contributed by atoms with E-state index in [1.807, 2.05) is 13.0 Å². The molecule has 0 spiro atoms. The Morgan fingerprint density at radius 3 is 2.48 bits per heavy atom. The fourth-order valence-corrected chi connectivity index (χ4v) is 4.84. The topological polar surface area (TPSA) is 54.5 Å². The van der Waals surface area contributed by atoms with E-state index in [4.69, 9.17) is 0 Å². The van der Waals surface area contributed by atoms with Crippen LogP contribution in [-0.2, 0) is 16.4 Å². The zero-order chi connectivity index (χ0) is 16.6. The van der Waals surface area contributed by atoms with Gasteiger partial charge in [-0.2, -0.15) is 0 Å². The van der Waals surface area contributed by atoms with Crippen LogP contribution < -0.4 is 4.31 Å². The Labute approximate surface area is 136 Å². The highest BCUT2D eigenvalue weighted by Crippen LogP contribution is 2.38. The van der Waals surface area contributed by atoms with E-state index in [-0.39, 0.29) is 11.8 Å². The molecule has 4 nitrogen and oxygen atoms in total. The van der Waals surface area contributed by atoms with Crippen molar-refractivity contribution in [2.24, 2.45) is 0 Å². The van der Waals surface area contributed by atoms with Gasteiger partial charge in [-0.15, -0.1) is 0 Å². The van der Waals surface area contributed by atoms with Gasteiger partial charge in [-0.05, 0) is 55.7 Å². The average molecular weight is 329 g/mol. The molecule has 2 aromatic rings. The van der Waals surface area contributed by atoms with Gasteiger partial charge in [-0.3, -0.25) is 9.10 Å². The Bertz CT molecular complexity index is 844. The van der Waals surface area contributed by atoms with Crippen LogP contribution in [0.25, 0.3) is 0 Å². The molecule has 0 fully saturated rings. The number of ketones is 1. The van der Waals surface area contributed by atoms with Crippen molar-refractivity contribution in [1.82, 2.24) is 0 Å². The van der Waals surface area contributed by atoms with Crippen LogP contribution in [0.5, 0.6) is 0 Å². The maximum absolute atomic E-state index is 13.0. The summed E-state index contributed by atoms with van der Waals surface area (Å²) in [6.07, 6.45) is 1.36. The predicted octanol–water partition coefficient (Wildman–Crippen LogP) is 3.42. The van der Waals surface area contributed by atoms with Gasteiger partial charge in [0.25, 0.3) is 10.0 Å². The molecule has 0 aromatic heterocycles. The van der Waals surface area contributed by atoms with Crippen molar-refractivity contribution in [1.29, 1.82) is 0 Å². The SMILES string of the molecule is CCC1Cc2cc(C(C)=O)ccc2N1S(=O)(=O)c1ccccc1. The van der Waals surface area contributed by atoms with Crippen LogP contribution in [0.1, 0.15) is 36.2 Å². The lowest BCUT2D eigenvalue weighted by atomic mass is 10.0. The summed E-state index contributed by atoms with van der Waals surface area (Å²) >= 11 is 0. The normalized spacial score (nSPS) is 17.1. The highest BCUT2D eigenvalue weighted by molar-refractivity contribution is 7.92. The van der Waals surface area contributed by atoms with Crippen molar-refractivity contribution < 1.29 is 13.2 Å². The first-order valence-corrected chi connectivity index (χ1v) is 9.12. The number of benzene rings is 2. The molecule has 0 saturated heterocycles. The molecular formula is C18H19NO3S. The monoisotopic (exact) mass is 329 g/mol. The summed E-state index contributed by atoms with van der Waals surface area (Å²) in [5, 5.41) is 0. The van der Waals surface area contributed by atoms with E-state index in [0.29, 0.717) is 22.6 Å². The second-order valence-corrected chi connectivity index (χ2v) is 7.59. The van der Waals surface area contributed by atoms with E-state index in [1.54, 1.807) is 42.5 Å². The highest BCUT2D eigenvalue weighted by Gasteiger charge is 2.37. The van der Waals surface area contributed by atoms with E-state index in [0.717, 1.165) is 12.0 Å². The van der Waals surface area contributed by atoms with Crippen molar-refractivity contribution in [3.05, 3.63) is 59.7 Å². The van der Waals surface area contributed by atoms with Crippen LogP contribution in [0.2, 0.25) is 0 Å². The minimum absolute atomic E-state index is 0.00906. The quantitative estimate of drug-likeness (QED) is 0.808. The third-order valence-corrected chi connectivity index (χ3v) is 6.16. The lowest BCUT2D eigenvalue weighted by Gasteiger charge is -2.26. The second-order valence-electron chi connectivity index (χ2n) is 5.78. The number of sulfonamides is 1. The lowest BCUT2D eigenvalue weighted by Crippen LogP contribution is -2.37. The zero-order valence-corrected chi connectivity index (χ0v) is 14.0. The van der Waals surface area contributed by atoms with Crippen LogP contribution in [0, 0.1) is 0 Å². The first kappa shape index (κ1) is 15.7. The van der Waals surface area contributed by atoms with E-state index in [1.165, 1.54) is 11.2 Å². The summed E-state index contributed by atoms with van der Waals surface area (Å²) in [5.74, 6) is -0.00906. The number of rotatable bonds is 4. The van der Waals surface area contributed by atoms with E-state index in [9.17, 15) is 13.2 Å². The summed E-state index contributed by atoms with van der Waals surface area (Å²) < 4.78 is 27.6. The van der Waals surface area contributed by atoms with Gasteiger partial charge in [0.1, 0.15) is 0 Å². The van der Waals surface area contributed by atoms with Gasteiger partial charge >= 0.3 is 0 Å². The summed E-state index contributed by atoms with van der Waals surface area (Å²) in [6.45, 7) is 3.50. The largest absolute Gasteiger partial charge is 0.295 e. The number of Topliss-reactive ketones (excluding diaryl/α,β-unsaturated/α-hetero) is 1. The maximum atomic E-state index is 13.0. The van der Waals surface area contributed by atoms with Crippen LogP contribution in [0.15, 0.2) is 53.4 Å². The summed E-state index contributed by atoms with van der Waals surface area (Å²) in [6, 6.07) is 13.6. The Morgan fingerprint density at radius 2 is 1.87 bits per heavy atom. The molecule has 0 aliphatic carbocycles. The Morgan fingerprint density at radius 1 is 1.17 bits per heavy atom. The second kappa shape index (κ2) is 5.81. The highest BCUT2D eigenvalue weighted by atomic mass is 32.2. The smallest absolute Gasteiger partial charge is 0.264 e. The van der Waals surface area contributed by atoms with Gasteiger partial charge in [0.2, 0.25) is 0 Å². The third kappa shape index (κ3) is 2.65. The molecular weight excluding hydrogens is 310 g/mol. The Hall–Kier alpha value is -2.14. The fourth-order valence-electron chi connectivity index (χ4n) is 3.06. The van der Waals surface area contributed by atoms with E-state index < -0.39 is 10.0 Å². The number of hydrogen-bond acceptors (Lipinski definition) is 3. The number of carbonyl (C=O) groups is 1. The predicted molar refractivity (Wildman–Crippen MR) is 90.3 cm³/mol. The van der Waals surface area contributed by atoms with Crippen molar-refractivity contribution in [3.63, 3.8) is 0 Å². The number of carbonyl (C=O) groups excluding carboxylic acids is 1. The van der Waals surface area contributed by atoms with Crippen LogP contribution >= 0.6 is 0 Å². The summed E-state index contributed by atoms with van der Waals surface area (Å²) in [4.78, 5) is 11.9. The van der Waals surface area contributed by atoms with E-state index >= 15 is 0 Å². The van der Waals surface area contributed by atoms with Crippen LogP contribution in [0.4, 0.5) is 5.69 Å². The first-order valence-electron chi connectivity index (χ1n) is 7.68. The zero-order valence-electron chi connectivity index (χ0n) is 13.2. The van der Waals surface area contributed by atoms with Crippen molar-refractivity contribution >= 4 is 21.5 Å². The van der Waals surface area contributed by atoms with Gasteiger partial charge in [0.05, 0.1) is 10.6 Å². The standard InChI is InChI=1S/C18H19NO3S/c1-3-16-12-15-11-14(13(2)20)9-10-18(15)19(16)23(21,22)17-7-5-4-6-8-17/h4-11,16H,3,12H2,1-2H3. The maximum Gasteiger partial charge on any atom is 0.264 e. The third-order valence-electron chi connectivity index (χ3n) is 4.28. The van der Waals surface area contributed by atoms with Crippen molar-refractivity contribution in [2.75, 3.05) is 4.31 Å². The number of fused-ring (bicyclic) bond motifs is 1. The van der Waals surface area contributed by atoms with Crippen molar-refractivity contribution in [3.8, 4) is 0 Å². The summed E-state index contributed by atoms with van der Waals surface area (Å²) in [5.41, 5.74) is 2.23. The first-order chi connectivity index (χ1) is 10.9. The minimum Gasteiger partial charge on any atom is -0.295 e. The molecule has 0 amide bonds. The minimum atomic E-state index is -3.60. The number of nitrogens with zero attached hydrogens (tertiary/aromatic N) is 1. The molecule has 0 bridgehead atoms. The van der Waals surface area contributed by atoms with Crippen LogP contribution in [-0.4, -0.2) is 20.2 Å². The molecule has 23 heavy (non-hydrogen) atoms. The van der Waals surface area contributed by atoms with Crippen molar-refractivity contribution in [2.45, 2.75) is 37.6 Å². The van der Waals surface area contributed by atoms with Crippen LogP contribution in [0.3, 0.4) is 0 Å².